The Morgan fingerprint density at radius 2 is 1.97 bits per heavy atom. The van der Waals surface area contributed by atoms with Crippen molar-refractivity contribution in [2.75, 3.05) is 25.1 Å². The van der Waals surface area contributed by atoms with E-state index in [9.17, 15) is 13.2 Å². The standard InChI is InChI=1S/C19H20N4O5S/c1-23(19(24)14-7-4-8-15(10-14)22-29(3,25)26)12-17-20-18(21-28-17)13-6-5-9-16(11-13)27-2/h4-11,22H,12H2,1-3H3. The van der Waals surface area contributed by atoms with Crippen LogP contribution >= 0.6 is 0 Å². The molecule has 0 aliphatic rings. The van der Waals surface area contributed by atoms with Gasteiger partial charge < -0.3 is 14.2 Å². The number of hydrogen-bond donors (Lipinski definition) is 1. The monoisotopic (exact) mass is 416 g/mol. The SMILES string of the molecule is COc1cccc(-c2noc(CN(C)C(=O)c3cccc(NS(C)(=O)=O)c3)n2)c1. The molecule has 0 bridgehead atoms. The summed E-state index contributed by atoms with van der Waals surface area (Å²) < 4.78 is 35.5. The molecular weight excluding hydrogens is 396 g/mol. The quantitative estimate of drug-likeness (QED) is 0.629. The molecule has 0 fully saturated rings. The molecule has 0 spiro atoms. The third-order valence-corrected chi connectivity index (χ3v) is 4.53. The zero-order valence-corrected chi connectivity index (χ0v) is 16.9. The van der Waals surface area contributed by atoms with E-state index in [-0.39, 0.29) is 18.3 Å². The van der Waals surface area contributed by atoms with Gasteiger partial charge in [-0.15, -0.1) is 0 Å². The highest BCUT2D eigenvalue weighted by atomic mass is 32.2. The van der Waals surface area contributed by atoms with Gasteiger partial charge in [0.2, 0.25) is 21.7 Å². The number of nitrogens with one attached hydrogen (secondary N) is 1. The van der Waals surface area contributed by atoms with Crippen LogP contribution in [-0.4, -0.2) is 49.8 Å². The Kier molecular flexibility index (Phi) is 5.83. The molecule has 0 unspecified atom stereocenters. The number of hydrogen-bond acceptors (Lipinski definition) is 7. The van der Waals surface area contributed by atoms with Crippen LogP contribution in [0.15, 0.2) is 53.1 Å². The summed E-state index contributed by atoms with van der Waals surface area (Å²) >= 11 is 0. The summed E-state index contributed by atoms with van der Waals surface area (Å²) in [4.78, 5) is 18.4. The molecule has 29 heavy (non-hydrogen) atoms. The number of carbonyl (C=O) groups is 1. The molecule has 1 aromatic heterocycles. The van der Waals surface area contributed by atoms with Gasteiger partial charge in [0.05, 0.1) is 19.9 Å². The van der Waals surface area contributed by atoms with Gasteiger partial charge in [0, 0.05) is 23.9 Å². The van der Waals surface area contributed by atoms with Crippen LogP contribution in [0.5, 0.6) is 5.75 Å². The Hall–Kier alpha value is -3.40. The summed E-state index contributed by atoms with van der Waals surface area (Å²) in [5, 5.41) is 3.95. The summed E-state index contributed by atoms with van der Waals surface area (Å²) in [6, 6.07) is 13.5. The van der Waals surface area contributed by atoms with Crippen molar-refractivity contribution in [2.24, 2.45) is 0 Å². The molecular formula is C19H20N4O5S. The zero-order valence-electron chi connectivity index (χ0n) is 16.1. The van der Waals surface area contributed by atoms with Crippen LogP contribution in [0.2, 0.25) is 0 Å². The van der Waals surface area contributed by atoms with Crippen LogP contribution in [0.3, 0.4) is 0 Å². The second kappa shape index (κ2) is 8.31. The van der Waals surface area contributed by atoms with Crippen LogP contribution in [0.25, 0.3) is 11.4 Å². The van der Waals surface area contributed by atoms with Crippen LogP contribution in [0.4, 0.5) is 5.69 Å². The van der Waals surface area contributed by atoms with E-state index in [4.69, 9.17) is 9.26 Å². The lowest BCUT2D eigenvalue weighted by Crippen LogP contribution is -2.26. The molecule has 0 saturated carbocycles. The molecule has 0 aliphatic heterocycles. The maximum absolute atomic E-state index is 12.7. The smallest absolute Gasteiger partial charge is 0.254 e. The molecule has 0 aliphatic carbocycles. The fraction of sp³-hybridized carbons (Fsp3) is 0.211. The number of ether oxygens (including phenoxy) is 1. The lowest BCUT2D eigenvalue weighted by atomic mass is 10.2. The lowest BCUT2D eigenvalue weighted by Gasteiger charge is -2.15. The Morgan fingerprint density at radius 1 is 1.21 bits per heavy atom. The van der Waals surface area contributed by atoms with Crippen LogP contribution in [0.1, 0.15) is 16.2 Å². The predicted octanol–water partition coefficient (Wildman–Crippen LogP) is 2.39. The summed E-state index contributed by atoms with van der Waals surface area (Å²) in [7, 11) is -0.271. The first-order valence-electron chi connectivity index (χ1n) is 8.55. The molecule has 3 rings (SSSR count). The molecule has 3 aromatic rings. The molecule has 0 radical (unpaired) electrons. The zero-order chi connectivity index (χ0) is 21.0. The maximum Gasteiger partial charge on any atom is 0.254 e. The number of nitrogens with zero attached hydrogens (tertiary/aromatic N) is 3. The molecule has 0 atom stereocenters. The number of amides is 1. The fourth-order valence-corrected chi connectivity index (χ4v) is 3.18. The van der Waals surface area contributed by atoms with Crippen molar-refractivity contribution in [1.29, 1.82) is 0 Å². The van der Waals surface area contributed by atoms with Gasteiger partial charge in [0.25, 0.3) is 5.91 Å². The normalized spacial score (nSPS) is 11.1. The molecule has 1 amide bonds. The van der Waals surface area contributed by atoms with E-state index in [1.54, 1.807) is 38.4 Å². The summed E-state index contributed by atoms with van der Waals surface area (Å²) in [5.74, 6) is 1.01. The van der Waals surface area contributed by atoms with Crippen LogP contribution < -0.4 is 9.46 Å². The van der Waals surface area contributed by atoms with Gasteiger partial charge >= 0.3 is 0 Å². The summed E-state index contributed by atoms with van der Waals surface area (Å²) in [5.41, 5.74) is 1.37. The van der Waals surface area contributed by atoms with E-state index in [1.807, 2.05) is 18.2 Å². The van der Waals surface area contributed by atoms with Crippen molar-refractivity contribution in [3.8, 4) is 17.1 Å². The highest BCUT2D eigenvalue weighted by Gasteiger charge is 2.17. The van der Waals surface area contributed by atoms with Gasteiger partial charge in [-0.1, -0.05) is 23.4 Å². The maximum atomic E-state index is 12.7. The van der Waals surface area contributed by atoms with E-state index in [2.05, 4.69) is 14.9 Å². The third-order valence-electron chi connectivity index (χ3n) is 3.93. The number of aromatic nitrogens is 2. The van der Waals surface area contributed by atoms with Crippen molar-refractivity contribution in [3.63, 3.8) is 0 Å². The van der Waals surface area contributed by atoms with Gasteiger partial charge in [0.15, 0.2) is 0 Å². The van der Waals surface area contributed by atoms with Crippen molar-refractivity contribution in [2.45, 2.75) is 6.54 Å². The van der Waals surface area contributed by atoms with E-state index in [0.29, 0.717) is 22.8 Å². The summed E-state index contributed by atoms with van der Waals surface area (Å²) in [6.07, 6.45) is 1.04. The van der Waals surface area contributed by atoms with Gasteiger partial charge in [-0.25, -0.2) is 8.42 Å². The highest BCUT2D eigenvalue weighted by molar-refractivity contribution is 7.92. The van der Waals surface area contributed by atoms with Crippen molar-refractivity contribution in [3.05, 3.63) is 60.0 Å². The lowest BCUT2D eigenvalue weighted by molar-refractivity contribution is 0.0769. The number of sulfonamides is 1. The average molecular weight is 416 g/mol. The van der Waals surface area contributed by atoms with E-state index < -0.39 is 10.0 Å². The minimum absolute atomic E-state index is 0.0968. The third kappa shape index (κ3) is 5.32. The predicted molar refractivity (Wildman–Crippen MR) is 107 cm³/mol. The van der Waals surface area contributed by atoms with Gasteiger partial charge in [-0.2, -0.15) is 4.98 Å². The number of rotatable bonds is 7. The molecule has 152 valence electrons. The van der Waals surface area contributed by atoms with Crippen molar-refractivity contribution >= 4 is 21.6 Å². The fourth-order valence-electron chi connectivity index (χ4n) is 2.62. The summed E-state index contributed by atoms with van der Waals surface area (Å²) in [6.45, 7) is 0.0968. The molecule has 1 heterocycles. The molecule has 1 N–H and O–H groups in total. The van der Waals surface area contributed by atoms with Gasteiger partial charge in [0.1, 0.15) is 5.75 Å². The number of carbonyl (C=O) groups excluding carboxylic acids is 1. The van der Waals surface area contributed by atoms with Gasteiger partial charge in [-0.05, 0) is 30.3 Å². The Morgan fingerprint density at radius 3 is 2.69 bits per heavy atom. The number of benzene rings is 2. The first-order valence-corrected chi connectivity index (χ1v) is 10.4. The molecule has 2 aromatic carbocycles. The van der Waals surface area contributed by atoms with Crippen LogP contribution in [-0.2, 0) is 16.6 Å². The Bertz CT molecular complexity index is 1130. The second-order valence-corrected chi connectivity index (χ2v) is 8.11. The Labute approximate surface area is 168 Å². The van der Waals surface area contributed by atoms with Crippen molar-refractivity contribution in [1.82, 2.24) is 15.0 Å². The van der Waals surface area contributed by atoms with Crippen molar-refractivity contribution < 1.29 is 22.5 Å². The second-order valence-electron chi connectivity index (χ2n) is 6.36. The minimum Gasteiger partial charge on any atom is -0.497 e. The number of methoxy groups -OCH3 is 1. The molecule has 10 heteroatoms. The van der Waals surface area contributed by atoms with E-state index in [0.717, 1.165) is 11.8 Å². The number of anilines is 1. The van der Waals surface area contributed by atoms with E-state index in [1.165, 1.54) is 11.0 Å². The average Bonchev–Trinajstić information content (AvgIpc) is 3.14. The topological polar surface area (TPSA) is 115 Å². The Balaban J connectivity index is 1.72. The van der Waals surface area contributed by atoms with E-state index >= 15 is 0 Å². The molecule has 0 saturated heterocycles. The van der Waals surface area contributed by atoms with Crippen LogP contribution in [0, 0.1) is 0 Å². The largest absolute Gasteiger partial charge is 0.497 e. The highest BCUT2D eigenvalue weighted by Crippen LogP contribution is 2.21. The first-order chi connectivity index (χ1) is 13.7. The first kappa shape index (κ1) is 20.3. The molecule has 9 nitrogen and oxygen atoms in total. The van der Waals surface area contributed by atoms with Gasteiger partial charge in [-0.3, -0.25) is 9.52 Å². The minimum atomic E-state index is -3.43.